The number of carbonyl (C=O) groups is 2. The molecule has 20 heavy (non-hydrogen) atoms. The van der Waals surface area contributed by atoms with E-state index >= 15 is 0 Å². The Morgan fingerprint density at radius 3 is 2.90 bits per heavy atom. The highest BCUT2D eigenvalue weighted by Crippen LogP contribution is 2.18. The third-order valence-electron chi connectivity index (χ3n) is 2.99. The molecule has 0 bridgehead atoms. The molecular weight excluding hydrogens is 254 g/mol. The average Bonchev–Trinajstić information content (AvgIpc) is 2.88. The lowest BCUT2D eigenvalue weighted by atomic mass is 10.1. The molecule has 0 saturated heterocycles. The fourth-order valence-corrected chi connectivity index (χ4v) is 1.98. The highest BCUT2D eigenvalue weighted by molar-refractivity contribution is 6.07. The van der Waals surface area contributed by atoms with Crippen LogP contribution in [-0.2, 0) is 4.79 Å². The Balaban J connectivity index is 2.10. The predicted molar refractivity (Wildman–Crippen MR) is 78.5 cm³/mol. The van der Waals surface area contributed by atoms with Crippen molar-refractivity contribution >= 4 is 22.7 Å². The number of aromatic nitrogens is 1. The number of rotatable bonds is 5. The number of H-pyrrole nitrogens is 1. The SMILES string of the molecule is C=CCNC(=O)CN(C)C(=O)c1c[nH]c2ccccc12. The van der Waals surface area contributed by atoms with E-state index in [1.165, 1.54) is 4.90 Å². The number of fused-ring (bicyclic) bond motifs is 1. The molecular formula is C15H17N3O2. The molecule has 5 heteroatoms. The first-order valence-corrected chi connectivity index (χ1v) is 6.32. The Morgan fingerprint density at radius 2 is 2.15 bits per heavy atom. The van der Waals surface area contributed by atoms with Gasteiger partial charge in [-0.25, -0.2) is 0 Å². The van der Waals surface area contributed by atoms with Crippen molar-refractivity contribution in [2.45, 2.75) is 0 Å². The minimum absolute atomic E-state index is 0.0200. The summed E-state index contributed by atoms with van der Waals surface area (Å²) in [6.45, 7) is 3.94. The van der Waals surface area contributed by atoms with Crippen LogP contribution in [0, 0.1) is 0 Å². The van der Waals surface area contributed by atoms with Crippen LogP contribution in [0.15, 0.2) is 43.1 Å². The molecule has 0 unspecified atom stereocenters. The number of aromatic amines is 1. The summed E-state index contributed by atoms with van der Waals surface area (Å²) in [4.78, 5) is 28.4. The molecule has 0 atom stereocenters. The van der Waals surface area contributed by atoms with E-state index in [1.54, 1.807) is 19.3 Å². The third kappa shape index (κ3) is 2.88. The van der Waals surface area contributed by atoms with Crippen LogP contribution in [0.5, 0.6) is 0 Å². The molecule has 2 amide bonds. The average molecular weight is 271 g/mol. The van der Waals surface area contributed by atoms with Crippen molar-refractivity contribution in [2.75, 3.05) is 20.1 Å². The highest BCUT2D eigenvalue weighted by Gasteiger charge is 2.17. The maximum Gasteiger partial charge on any atom is 0.256 e. The van der Waals surface area contributed by atoms with Crippen molar-refractivity contribution in [3.8, 4) is 0 Å². The topological polar surface area (TPSA) is 65.2 Å². The number of nitrogens with one attached hydrogen (secondary N) is 2. The molecule has 1 aromatic heterocycles. The van der Waals surface area contributed by atoms with E-state index in [0.717, 1.165) is 10.9 Å². The van der Waals surface area contributed by atoms with E-state index in [-0.39, 0.29) is 18.4 Å². The van der Waals surface area contributed by atoms with Gasteiger partial charge in [0.15, 0.2) is 0 Å². The Kier molecular flexibility index (Phi) is 4.20. The van der Waals surface area contributed by atoms with Gasteiger partial charge in [-0.05, 0) is 6.07 Å². The lowest BCUT2D eigenvalue weighted by molar-refractivity contribution is -0.121. The second kappa shape index (κ2) is 6.06. The van der Waals surface area contributed by atoms with Crippen molar-refractivity contribution in [1.29, 1.82) is 0 Å². The lowest BCUT2D eigenvalue weighted by Gasteiger charge is -2.16. The van der Waals surface area contributed by atoms with Gasteiger partial charge in [-0.3, -0.25) is 9.59 Å². The molecule has 2 N–H and O–H groups in total. The fourth-order valence-electron chi connectivity index (χ4n) is 1.98. The summed E-state index contributed by atoms with van der Waals surface area (Å²) in [6, 6.07) is 7.57. The van der Waals surface area contributed by atoms with Crippen molar-refractivity contribution in [1.82, 2.24) is 15.2 Å². The number of hydrogen-bond donors (Lipinski definition) is 2. The lowest BCUT2D eigenvalue weighted by Crippen LogP contribution is -2.38. The smallest absolute Gasteiger partial charge is 0.256 e. The van der Waals surface area contributed by atoms with E-state index in [1.807, 2.05) is 24.3 Å². The predicted octanol–water partition coefficient (Wildman–Crippen LogP) is 1.54. The number of nitrogens with zero attached hydrogens (tertiary/aromatic N) is 1. The summed E-state index contributed by atoms with van der Waals surface area (Å²) in [5.41, 5.74) is 1.47. The number of hydrogen-bond acceptors (Lipinski definition) is 2. The monoisotopic (exact) mass is 271 g/mol. The van der Waals surface area contributed by atoms with Crippen LogP contribution in [0.1, 0.15) is 10.4 Å². The fraction of sp³-hybridized carbons (Fsp3) is 0.200. The van der Waals surface area contributed by atoms with Gasteiger partial charge in [0, 0.05) is 30.7 Å². The highest BCUT2D eigenvalue weighted by atomic mass is 16.2. The van der Waals surface area contributed by atoms with Crippen LogP contribution in [-0.4, -0.2) is 41.8 Å². The molecule has 0 radical (unpaired) electrons. The minimum Gasteiger partial charge on any atom is -0.360 e. The van der Waals surface area contributed by atoms with E-state index < -0.39 is 0 Å². The van der Waals surface area contributed by atoms with Crippen LogP contribution < -0.4 is 5.32 Å². The van der Waals surface area contributed by atoms with E-state index in [2.05, 4.69) is 16.9 Å². The van der Waals surface area contributed by atoms with E-state index in [0.29, 0.717) is 12.1 Å². The molecule has 2 aromatic rings. The zero-order valence-corrected chi connectivity index (χ0v) is 11.3. The zero-order valence-electron chi connectivity index (χ0n) is 11.3. The maximum absolute atomic E-state index is 12.3. The van der Waals surface area contributed by atoms with Crippen LogP contribution in [0.2, 0.25) is 0 Å². The van der Waals surface area contributed by atoms with Crippen LogP contribution >= 0.6 is 0 Å². The van der Waals surface area contributed by atoms with Gasteiger partial charge in [0.25, 0.3) is 5.91 Å². The standard InChI is InChI=1S/C15H17N3O2/c1-3-8-16-14(19)10-18(2)15(20)12-9-17-13-7-5-4-6-11(12)13/h3-7,9,17H,1,8,10H2,2H3,(H,16,19). The number of amides is 2. The van der Waals surface area contributed by atoms with E-state index in [9.17, 15) is 9.59 Å². The molecule has 0 saturated carbocycles. The van der Waals surface area contributed by atoms with E-state index in [4.69, 9.17) is 0 Å². The second-order valence-electron chi connectivity index (χ2n) is 4.50. The van der Waals surface area contributed by atoms with Crippen LogP contribution in [0.25, 0.3) is 10.9 Å². The van der Waals surface area contributed by atoms with Crippen molar-refractivity contribution in [2.24, 2.45) is 0 Å². The molecule has 0 spiro atoms. The Morgan fingerprint density at radius 1 is 1.40 bits per heavy atom. The van der Waals surface area contributed by atoms with Crippen molar-refractivity contribution in [3.63, 3.8) is 0 Å². The number of benzene rings is 1. The molecule has 104 valence electrons. The van der Waals surface area contributed by atoms with Gasteiger partial charge in [-0.1, -0.05) is 24.3 Å². The summed E-state index contributed by atoms with van der Waals surface area (Å²) in [6.07, 6.45) is 3.27. The van der Waals surface area contributed by atoms with Gasteiger partial charge in [0.05, 0.1) is 12.1 Å². The first kappa shape index (κ1) is 13.9. The minimum atomic E-state index is -0.208. The Bertz CT molecular complexity index is 645. The number of carbonyl (C=O) groups excluding carboxylic acids is 2. The molecule has 2 rings (SSSR count). The summed E-state index contributed by atoms with van der Waals surface area (Å²) in [5, 5.41) is 3.50. The Hall–Kier alpha value is -2.56. The van der Waals surface area contributed by atoms with Gasteiger partial charge in [-0.15, -0.1) is 6.58 Å². The molecule has 0 fully saturated rings. The summed E-state index contributed by atoms with van der Waals surface area (Å²) < 4.78 is 0. The molecule has 0 aliphatic heterocycles. The van der Waals surface area contributed by atoms with Gasteiger partial charge >= 0.3 is 0 Å². The molecule has 0 aliphatic rings. The normalized spacial score (nSPS) is 10.2. The molecule has 1 aromatic carbocycles. The Labute approximate surface area is 117 Å². The van der Waals surface area contributed by atoms with Crippen molar-refractivity contribution < 1.29 is 9.59 Å². The largest absolute Gasteiger partial charge is 0.360 e. The second-order valence-corrected chi connectivity index (χ2v) is 4.50. The first-order chi connectivity index (χ1) is 9.63. The first-order valence-electron chi connectivity index (χ1n) is 6.32. The van der Waals surface area contributed by atoms with Gasteiger partial charge in [0.1, 0.15) is 0 Å². The van der Waals surface area contributed by atoms with Gasteiger partial charge in [-0.2, -0.15) is 0 Å². The van der Waals surface area contributed by atoms with Gasteiger partial charge < -0.3 is 15.2 Å². The van der Waals surface area contributed by atoms with Crippen LogP contribution in [0.3, 0.4) is 0 Å². The summed E-state index contributed by atoms with van der Waals surface area (Å²) in [5.74, 6) is -0.392. The number of likely N-dealkylation sites (N-methyl/N-ethyl adjacent to an activating group) is 1. The maximum atomic E-state index is 12.3. The van der Waals surface area contributed by atoms with Crippen molar-refractivity contribution in [3.05, 3.63) is 48.7 Å². The zero-order chi connectivity index (χ0) is 14.5. The third-order valence-corrected chi connectivity index (χ3v) is 2.99. The van der Waals surface area contributed by atoms with Gasteiger partial charge in [0.2, 0.25) is 5.91 Å². The van der Waals surface area contributed by atoms with Crippen LogP contribution in [0.4, 0.5) is 0 Å². The quantitative estimate of drug-likeness (QED) is 0.810. The number of para-hydroxylation sites is 1. The molecule has 5 nitrogen and oxygen atoms in total. The molecule has 1 heterocycles. The molecule has 0 aliphatic carbocycles. The summed E-state index contributed by atoms with van der Waals surface area (Å²) in [7, 11) is 1.61. The summed E-state index contributed by atoms with van der Waals surface area (Å²) >= 11 is 0.